The van der Waals surface area contributed by atoms with Gasteiger partial charge in [-0.15, -0.1) is 0 Å². The van der Waals surface area contributed by atoms with Crippen molar-refractivity contribution in [2.75, 3.05) is 26.2 Å². The number of likely N-dealkylation sites (tertiary alicyclic amines) is 1. The number of nitrogens with zero attached hydrogens (tertiary/aromatic N) is 1. The monoisotopic (exact) mass is 266 g/mol. The zero-order valence-corrected chi connectivity index (χ0v) is 11.0. The summed E-state index contributed by atoms with van der Waals surface area (Å²) >= 11 is 0. The van der Waals surface area contributed by atoms with Gasteiger partial charge in [-0.1, -0.05) is 18.2 Å². The van der Waals surface area contributed by atoms with E-state index < -0.39 is 6.43 Å². The van der Waals surface area contributed by atoms with Crippen LogP contribution in [0, 0.1) is 11.8 Å². The molecule has 0 aromatic heterocycles. The summed E-state index contributed by atoms with van der Waals surface area (Å²) in [6.07, 6.45) is -1.14. The molecule has 2 saturated heterocycles. The average molecular weight is 266 g/mol. The number of nitrogens with one attached hydrogen (secondary N) is 1. The van der Waals surface area contributed by atoms with Crippen molar-refractivity contribution in [2.24, 2.45) is 11.8 Å². The van der Waals surface area contributed by atoms with E-state index in [1.807, 2.05) is 6.07 Å². The highest BCUT2D eigenvalue weighted by Gasteiger charge is 2.32. The highest BCUT2D eigenvalue weighted by molar-refractivity contribution is 5.24. The largest absolute Gasteiger partial charge is 0.316 e. The van der Waals surface area contributed by atoms with E-state index in [2.05, 4.69) is 10.2 Å². The second-order valence-corrected chi connectivity index (χ2v) is 5.75. The fraction of sp³-hybridized carbons (Fsp3) is 0.600. The Hall–Kier alpha value is -1.00. The molecule has 0 bridgehead atoms. The van der Waals surface area contributed by atoms with Crippen LogP contribution in [-0.4, -0.2) is 31.1 Å². The van der Waals surface area contributed by atoms with Crippen molar-refractivity contribution in [3.05, 3.63) is 35.4 Å². The Kier molecular flexibility index (Phi) is 3.80. The number of fused-ring (bicyclic) bond motifs is 1. The first-order valence-electron chi connectivity index (χ1n) is 7.02. The summed E-state index contributed by atoms with van der Waals surface area (Å²) in [6.45, 7) is 5.24. The SMILES string of the molecule is FC(F)c1cccc(CN2CCC3CNCC3C2)c1. The molecular formula is C15H20F2N2. The minimum absolute atomic E-state index is 0.134. The highest BCUT2D eigenvalue weighted by atomic mass is 19.3. The summed E-state index contributed by atoms with van der Waals surface area (Å²) in [5.41, 5.74) is 1.14. The molecule has 1 aromatic carbocycles. The van der Waals surface area contributed by atoms with E-state index in [1.165, 1.54) is 12.5 Å². The van der Waals surface area contributed by atoms with E-state index in [-0.39, 0.29) is 5.56 Å². The Balaban J connectivity index is 1.63. The van der Waals surface area contributed by atoms with Gasteiger partial charge >= 0.3 is 0 Å². The predicted molar refractivity (Wildman–Crippen MR) is 71.1 cm³/mol. The van der Waals surface area contributed by atoms with Crippen molar-refractivity contribution in [3.8, 4) is 0 Å². The van der Waals surface area contributed by atoms with Crippen LogP contribution in [0.15, 0.2) is 24.3 Å². The van der Waals surface area contributed by atoms with Crippen LogP contribution in [0.25, 0.3) is 0 Å². The number of alkyl halides is 2. The Bertz CT molecular complexity index is 436. The van der Waals surface area contributed by atoms with E-state index in [0.717, 1.165) is 50.1 Å². The molecule has 4 heteroatoms. The molecule has 1 N–H and O–H groups in total. The molecule has 2 aliphatic heterocycles. The lowest BCUT2D eigenvalue weighted by Crippen LogP contribution is -2.39. The first kappa shape index (κ1) is 13.0. The lowest BCUT2D eigenvalue weighted by molar-refractivity contribution is 0.140. The van der Waals surface area contributed by atoms with E-state index in [4.69, 9.17) is 0 Å². The topological polar surface area (TPSA) is 15.3 Å². The molecule has 0 saturated carbocycles. The molecule has 2 aliphatic rings. The van der Waals surface area contributed by atoms with Crippen molar-refractivity contribution < 1.29 is 8.78 Å². The van der Waals surface area contributed by atoms with Crippen molar-refractivity contribution in [2.45, 2.75) is 19.4 Å². The maximum absolute atomic E-state index is 12.7. The fourth-order valence-corrected chi connectivity index (χ4v) is 3.34. The standard InChI is InChI=1S/C15H20F2N2/c16-15(17)12-3-1-2-11(6-12)9-19-5-4-13-7-18-8-14(13)10-19/h1-3,6,13-15,18H,4-5,7-10H2. The van der Waals surface area contributed by atoms with Crippen LogP contribution in [-0.2, 0) is 6.54 Å². The second kappa shape index (κ2) is 5.55. The smallest absolute Gasteiger partial charge is 0.263 e. The number of rotatable bonds is 3. The molecule has 1 aromatic rings. The van der Waals surface area contributed by atoms with Crippen LogP contribution < -0.4 is 5.32 Å². The Labute approximate surface area is 112 Å². The molecule has 2 fully saturated rings. The van der Waals surface area contributed by atoms with Gasteiger partial charge in [0, 0.05) is 18.7 Å². The van der Waals surface area contributed by atoms with Crippen molar-refractivity contribution in [1.82, 2.24) is 10.2 Å². The van der Waals surface area contributed by atoms with E-state index in [0.29, 0.717) is 0 Å². The molecule has 19 heavy (non-hydrogen) atoms. The molecule has 2 unspecified atom stereocenters. The first-order valence-corrected chi connectivity index (χ1v) is 7.02. The first-order chi connectivity index (χ1) is 9.22. The minimum atomic E-state index is -2.37. The number of benzene rings is 1. The van der Waals surface area contributed by atoms with Crippen molar-refractivity contribution >= 4 is 0 Å². The highest BCUT2D eigenvalue weighted by Crippen LogP contribution is 2.28. The molecule has 2 atom stereocenters. The average Bonchev–Trinajstić information content (AvgIpc) is 2.86. The maximum atomic E-state index is 12.7. The van der Waals surface area contributed by atoms with E-state index >= 15 is 0 Å². The van der Waals surface area contributed by atoms with Crippen LogP contribution in [0.2, 0.25) is 0 Å². The zero-order chi connectivity index (χ0) is 13.2. The van der Waals surface area contributed by atoms with Gasteiger partial charge in [0.2, 0.25) is 0 Å². The zero-order valence-electron chi connectivity index (χ0n) is 11.0. The van der Waals surface area contributed by atoms with E-state index in [9.17, 15) is 8.78 Å². The predicted octanol–water partition coefficient (Wildman–Crippen LogP) is 2.67. The summed E-state index contributed by atoms with van der Waals surface area (Å²) in [7, 11) is 0. The normalized spacial score (nSPS) is 27.7. The summed E-state index contributed by atoms with van der Waals surface area (Å²) in [4.78, 5) is 2.40. The Morgan fingerprint density at radius 3 is 2.95 bits per heavy atom. The van der Waals surface area contributed by atoms with Crippen LogP contribution in [0.3, 0.4) is 0 Å². The van der Waals surface area contributed by atoms with Crippen molar-refractivity contribution in [3.63, 3.8) is 0 Å². The molecule has 0 aliphatic carbocycles. The molecule has 2 heterocycles. The molecule has 0 spiro atoms. The Morgan fingerprint density at radius 2 is 2.11 bits per heavy atom. The minimum Gasteiger partial charge on any atom is -0.316 e. The summed E-state index contributed by atoms with van der Waals surface area (Å²) < 4.78 is 25.4. The third-order valence-corrected chi connectivity index (χ3v) is 4.40. The van der Waals surface area contributed by atoms with E-state index in [1.54, 1.807) is 12.1 Å². The van der Waals surface area contributed by atoms with Crippen molar-refractivity contribution in [1.29, 1.82) is 0 Å². The lowest BCUT2D eigenvalue weighted by atomic mass is 9.88. The summed E-state index contributed by atoms with van der Waals surface area (Å²) in [5.74, 6) is 1.57. The molecule has 0 amide bonds. The van der Waals surface area contributed by atoms with Crippen LogP contribution in [0.1, 0.15) is 24.0 Å². The molecule has 0 radical (unpaired) electrons. The van der Waals surface area contributed by atoms with Crippen LogP contribution in [0.5, 0.6) is 0 Å². The number of hydrogen-bond donors (Lipinski definition) is 1. The summed E-state index contributed by atoms with van der Waals surface area (Å²) in [5, 5.41) is 3.45. The number of hydrogen-bond acceptors (Lipinski definition) is 2. The van der Waals surface area contributed by atoms with Gasteiger partial charge in [-0.2, -0.15) is 0 Å². The third-order valence-electron chi connectivity index (χ3n) is 4.40. The van der Waals surface area contributed by atoms with Gasteiger partial charge in [0.15, 0.2) is 0 Å². The van der Waals surface area contributed by atoms with Gasteiger partial charge in [0.25, 0.3) is 6.43 Å². The molecule has 2 nitrogen and oxygen atoms in total. The van der Waals surface area contributed by atoms with Crippen LogP contribution >= 0.6 is 0 Å². The maximum Gasteiger partial charge on any atom is 0.263 e. The summed E-state index contributed by atoms with van der Waals surface area (Å²) in [6, 6.07) is 6.83. The molecule has 3 rings (SSSR count). The number of halogens is 2. The quantitative estimate of drug-likeness (QED) is 0.905. The molecule has 104 valence electrons. The number of piperidine rings is 1. The Morgan fingerprint density at radius 1 is 1.26 bits per heavy atom. The second-order valence-electron chi connectivity index (χ2n) is 5.75. The van der Waals surface area contributed by atoms with Gasteiger partial charge in [0.1, 0.15) is 0 Å². The van der Waals surface area contributed by atoms with Crippen LogP contribution in [0.4, 0.5) is 8.78 Å². The van der Waals surface area contributed by atoms with Gasteiger partial charge in [-0.05, 0) is 49.5 Å². The van der Waals surface area contributed by atoms with Gasteiger partial charge in [-0.25, -0.2) is 8.78 Å². The lowest BCUT2D eigenvalue weighted by Gasteiger charge is -2.34. The van der Waals surface area contributed by atoms with Gasteiger partial charge in [0.05, 0.1) is 0 Å². The van der Waals surface area contributed by atoms with Gasteiger partial charge < -0.3 is 5.32 Å². The third kappa shape index (κ3) is 2.95. The molecular weight excluding hydrogens is 246 g/mol. The van der Waals surface area contributed by atoms with Gasteiger partial charge in [-0.3, -0.25) is 4.90 Å². The fourth-order valence-electron chi connectivity index (χ4n) is 3.34.